The Labute approximate surface area is 183 Å². The predicted octanol–water partition coefficient (Wildman–Crippen LogP) is 4.09. The number of hydrogen-bond acceptors (Lipinski definition) is 4. The van der Waals surface area contributed by atoms with Gasteiger partial charge in [-0.3, -0.25) is 9.59 Å². The molecular formula is C25H44N2O3. The van der Waals surface area contributed by atoms with E-state index in [9.17, 15) is 9.59 Å². The maximum atomic E-state index is 13.0. The summed E-state index contributed by atoms with van der Waals surface area (Å²) in [4.78, 5) is 24.6. The van der Waals surface area contributed by atoms with E-state index in [1.807, 2.05) is 7.05 Å². The second-order valence-corrected chi connectivity index (χ2v) is 10.6. The van der Waals surface area contributed by atoms with Crippen LogP contribution in [0.4, 0.5) is 0 Å². The largest absolute Gasteiger partial charge is 0.375 e. The predicted molar refractivity (Wildman–Crippen MR) is 120 cm³/mol. The average Bonchev–Trinajstić information content (AvgIpc) is 2.72. The molecule has 0 spiro atoms. The quantitative estimate of drug-likeness (QED) is 0.679. The summed E-state index contributed by atoms with van der Waals surface area (Å²) < 4.78 is 6.36. The van der Waals surface area contributed by atoms with Crippen LogP contribution in [0.25, 0.3) is 0 Å². The summed E-state index contributed by atoms with van der Waals surface area (Å²) in [6.07, 6.45) is 9.54. The summed E-state index contributed by atoms with van der Waals surface area (Å²) in [5, 5.41) is 6.91. The van der Waals surface area contributed by atoms with Crippen LogP contribution in [-0.2, 0) is 14.3 Å². The molecule has 5 unspecified atom stereocenters. The molecule has 30 heavy (non-hydrogen) atoms. The minimum atomic E-state index is 0.130. The van der Waals surface area contributed by atoms with Crippen molar-refractivity contribution in [3.8, 4) is 0 Å². The van der Waals surface area contributed by atoms with Crippen LogP contribution in [0.3, 0.4) is 0 Å². The zero-order valence-corrected chi connectivity index (χ0v) is 19.8. The Morgan fingerprint density at radius 3 is 1.77 bits per heavy atom. The van der Waals surface area contributed by atoms with Crippen molar-refractivity contribution >= 4 is 11.7 Å². The normalized spacial score (nSPS) is 42.5. The van der Waals surface area contributed by atoms with Gasteiger partial charge < -0.3 is 15.4 Å². The van der Waals surface area contributed by atoms with Crippen LogP contribution in [0.2, 0.25) is 0 Å². The Hall–Kier alpha value is -0.940. The second kappa shape index (κ2) is 10.6. The van der Waals surface area contributed by atoms with E-state index in [2.05, 4.69) is 31.4 Å². The fourth-order valence-electron chi connectivity index (χ4n) is 6.58. The fraction of sp³-hybridized carbons (Fsp3) is 0.920. The number of amides is 1. The molecule has 5 heteroatoms. The van der Waals surface area contributed by atoms with E-state index in [0.717, 1.165) is 57.8 Å². The third-order valence-corrected chi connectivity index (χ3v) is 8.42. The van der Waals surface area contributed by atoms with Crippen LogP contribution in [0.5, 0.6) is 0 Å². The van der Waals surface area contributed by atoms with Crippen LogP contribution < -0.4 is 10.6 Å². The summed E-state index contributed by atoms with van der Waals surface area (Å²) in [7, 11) is 2.04. The van der Waals surface area contributed by atoms with Gasteiger partial charge in [0, 0.05) is 23.9 Å². The highest BCUT2D eigenvalue weighted by atomic mass is 16.5. The highest BCUT2D eigenvalue weighted by Gasteiger charge is 2.40. The highest BCUT2D eigenvalue weighted by Crippen LogP contribution is 2.35. The Morgan fingerprint density at radius 1 is 0.767 bits per heavy atom. The zero-order valence-electron chi connectivity index (χ0n) is 19.8. The lowest BCUT2D eigenvalue weighted by Gasteiger charge is -2.45. The summed E-state index contributed by atoms with van der Waals surface area (Å²) in [6, 6.07) is 0.727. The summed E-state index contributed by atoms with van der Waals surface area (Å²) >= 11 is 0. The number of rotatable bonds is 6. The smallest absolute Gasteiger partial charge is 0.223 e. The number of carbonyl (C=O) groups excluding carboxylic acids is 2. The Morgan fingerprint density at radius 2 is 1.27 bits per heavy atom. The monoisotopic (exact) mass is 420 g/mol. The molecule has 0 heterocycles. The van der Waals surface area contributed by atoms with Gasteiger partial charge in [0.25, 0.3) is 0 Å². The molecule has 0 bridgehead atoms. The topological polar surface area (TPSA) is 67.4 Å². The van der Waals surface area contributed by atoms with Crippen molar-refractivity contribution in [3.05, 3.63) is 0 Å². The first kappa shape index (κ1) is 23.7. The van der Waals surface area contributed by atoms with Gasteiger partial charge in [-0.25, -0.2) is 0 Å². The maximum Gasteiger partial charge on any atom is 0.223 e. The van der Waals surface area contributed by atoms with Crippen LogP contribution in [-0.4, -0.2) is 43.0 Å². The molecule has 0 aromatic heterocycles. The Balaban J connectivity index is 1.42. The molecule has 0 aromatic rings. The number of nitrogens with one attached hydrogen (secondary N) is 2. The lowest BCUT2D eigenvalue weighted by atomic mass is 9.70. The number of hydrogen-bond donors (Lipinski definition) is 2. The van der Waals surface area contributed by atoms with Crippen LogP contribution >= 0.6 is 0 Å². The van der Waals surface area contributed by atoms with E-state index >= 15 is 0 Å². The molecule has 0 aromatic carbocycles. The van der Waals surface area contributed by atoms with Crippen molar-refractivity contribution in [2.75, 3.05) is 7.05 Å². The van der Waals surface area contributed by atoms with Crippen molar-refractivity contribution in [3.63, 3.8) is 0 Å². The second-order valence-electron chi connectivity index (χ2n) is 10.6. The van der Waals surface area contributed by atoms with Crippen molar-refractivity contribution < 1.29 is 14.3 Å². The van der Waals surface area contributed by atoms with Crippen LogP contribution in [0, 0.1) is 29.6 Å². The molecule has 172 valence electrons. The molecule has 0 saturated heterocycles. The molecule has 2 N–H and O–H groups in total. The first-order valence-corrected chi connectivity index (χ1v) is 12.4. The van der Waals surface area contributed by atoms with Gasteiger partial charge in [-0.15, -0.1) is 0 Å². The first-order valence-electron chi connectivity index (χ1n) is 12.4. The lowest BCUT2D eigenvalue weighted by Crippen LogP contribution is -2.57. The molecule has 1 amide bonds. The molecule has 3 fully saturated rings. The van der Waals surface area contributed by atoms with Gasteiger partial charge in [-0.1, -0.05) is 20.8 Å². The molecule has 0 radical (unpaired) electrons. The van der Waals surface area contributed by atoms with Gasteiger partial charge in [0.1, 0.15) is 5.78 Å². The van der Waals surface area contributed by atoms with Crippen molar-refractivity contribution in [2.45, 2.75) is 110 Å². The Bertz CT molecular complexity index is 579. The molecule has 3 aliphatic carbocycles. The third kappa shape index (κ3) is 5.64. The number of carbonyl (C=O) groups is 2. The van der Waals surface area contributed by atoms with E-state index in [0.29, 0.717) is 35.7 Å². The summed E-state index contributed by atoms with van der Waals surface area (Å²) in [6.45, 7) is 8.60. The molecule has 3 saturated carbocycles. The summed E-state index contributed by atoms with van der Waals surface area (Å²) in [5.41, 5.74) is 0. The van der Waals surface area contributed by atoms with Crippen LogP contribution in [0.1, 0.15) is 85.5 Å². The van der Waals surface area contributed by atoms with Crippen molar-refractivity contribution in [2.24, 2.45) is 29.6 Å². The fourth-order valence-corrected chi connectivity index (χ4v) is 6.58. The zero-order chi connectivity index (χ0) is 21.8. The van der Waals surface area contributed by atoms with Gasteiger partial charge in [-0.2, -0.15) is 0 Å². The average molecular weight is 421 g/mol. The molecule has 5 nitrogen and oxygen atoms in total. The highest BCUT2D eigenvalue weighted by molar-refractivity contribution is 5.79. The van der Waals surface area contributed by atoms with E-state index < -0.39 is 0 Å². The third-order valence-electron chi connectivity index (χ3n) is 8.42. The van der Waals surface area contributed by atoms with Gasteiger partial charge in [-0.05, 0) is 89.5 Å². The number of Topliss-reactive ketones (excluding diaryl/α,β-unsaturated/α-hetero) is 1. The van der Waals surface area contributed by atoms with E-state index in [-0.39, 0.29) is 29.9 Å². The standard InChI is InChI=1S/C25H44N2O3/c1-15-14-16(2)24(17(3)23(15)26-5)27-25(29)20-8-12-22(13-9-20)30-21-10-6-19(7-11-21)18(4)28/h15-17,19-24,26H,6-14H2,1-5H3,(H,27,29). The van der Waals surface area contributed by atoms with Crippen molar-refractivity contribution in [1.29, 1.82) is 0 Å². The first-order chi connectivity index (χ1) is 14.3. The minimum Gasteiger partial charge on any atom is -0.375 e. The molecular weight excluding hydrogens is 376 g/mol. The van der Waals surface area contributed by atoms with Crippen molar-refractivity contribution in [1.82, 2.24) is 10.6 Å². The molecule has 3 rings (SSSR count). The number of ether oxygens (including phenoxy) is 1. The SMILES string of the molecule is CNC1C(C)CC(C)C(NC(=O)C2CCC(OC3CCC(C(C)=O)CC3)CC2)C1C. The van der Waals surface area contributed by atoms with Gasteiger partial charge in [0.2, 0.25) is 5.91 Å². The lowest BCUT2D eigenvalue weighted by molar-refractivity contribution is -0.130. The minimum absolute atomic E-state index is 0.130. The summed E-state index contributed by atoms with van der Waals surface area (Å²) in [5.74, 6) is 2.58. The van der Waals surface area contributed by atoms with E-state index in [1.165, 1.54) is 0 Å². The van der Waals surface area contributed by atoms with Crippen LogP contribution in [0.15, 0.2) is 0 Å². The Kier molecular flexibility index (Phi) is 8.37. The van der Waals surface area contributed by atoms with E-state index in [4.69, 9.17) is 4.74 Å². The number of ketones is 1. The molecule has 3 aliphatic rings. The molecule has 5 atom stereocenters. The van der Waals surface area contributed by atoms with Gasteiger partial charge in [0.05, 0.1) is 12.2 Å². The molecule has 0 aliphatic heterocycles. The maximum absolute atomic E-state index is 13.0. The van der Waals surface area contributed by atoms with E-state index in [1.54, 1.807) is 6.92 Å². The van der Waals surface area contributed by atoms with Gasteiger partial charge in [0.15, 0.2) is 0 Å². The van der Waals surface area contributed by atoms with Gasteiger partial charge >= 0.3 is 0 Å².